The van der Waals surface area contributed by atoms with E-state index in [0.717, 1.165) is 6.42 Å². The Kier molecular flexibility index (Phi) is 4.55. The Morgan fingerprint density at radius 3 is 2.10 bits per heavy atom. The number of rotatable bonds is 3. The van der Waals surface area contributed by atoms with E-state index in [-0.39, 0.29) is 10.8 Å². The van der Waals surface area contributed by atoms with Crippen molar-refractivity contribution in [3.05, 3.63) is 70.8 Å². The highest BCUT2D eigenvalue weighted by molar-refractivity contribution is 6.20. The van der Waals surface area contributed by atoms with Gasteiger partial charge >= 0.3 is 0 Å². The minimum absolute atomic E-state index is 0.0325. The van der Waals surface area contributed by atoms with Crippen molar-refractivity contribution in [3.8, 4) is 0 Å². The van der Waals surface area contributed by atoms with Crippen LogP contribution in [0.25, 0.3) is 0 Å². The van der Waals surface area contributed by atoms with Crippen LogP contribution in [-0.4, -0.2) is 0 Å². The molecule has 1 heteroatoms. The molecule has 0 radical (unpaired) electrons. The fourth-order valence-corrected chi connectivity index (χ4v) is 2.65. The van der Waals surface area contributed by atoms with Gasteiger partial charge in [0, 0.05) is 0 Å². The Balaban J connectivity index is 2.14. The fourth-order valence-electron chi connectivity index (χ4n) is 2.34. The Labute approximate surface area is 127 Å². The van der Waals surface area contributed by atoms with Crippen molar-refractivity contribution in [3.63, 3.8) is 0 Å². The SMILES string of the molecule is Cc1ccccc1CC(Cl)c1ccc(C(C)(C)C)cc1. The first-order chi connectivity index (χ1) is 9.38. The fraction of sp³-hybridized carbons (Fsp3) is 0.368. The van der Waals surface area contributed by atoms with E-state index in [2.05, 4.69) is 76.2 Å². The molecule has 0 aliphatic heterocycles. The average molecular weight is 287 g/mol. The Hall–Kier alpha value is -1.27. The number of aryl methyl sites for hydroxylation is 1. The van der Waals surface area contributed by atoms with Crippen molar-refractivity contribution in [1.29, 1.82) is 0 Å². The molecule has 0 aliphatic rings. The maximum Gasteiger partial charge on any atom is 0.0625 e. The zero-order chi connectivity index (χ0) is 14.8. The predicted octanol–water partition coefficient (Wildman–Crippen LogP) is 5.82. The third-order valence-corrected chi connectivity index (χ3v) is 4.21. The van der Waals surface area contributed by atoms with Crippen molar-refractivity contribution < 1.29 is 0 Å². The lowest BCUT2D eigenvalue weighted by atomic mass is 9.86. The summed E-state index contributed by atoms with van der Waals surface area (Å²) >= 11 is 6.58. The highest BCUT2D eigenvalue weighted by Gasteiger charge is 2.15. The molecular weight excluding hydrogens is 264 g/mol. The molecule has 0 bridgehead atoms. The lowest BCUT2D eigenvalue weighted by Gasteiger charge is -2.20. The van der Waals surface area contributed by atoms with Crippen LogP contribution in [0.15, 0.2) is 48.5 Å². The monoisotopic (exact) mass is 286 g/mol. The minimum atomic E-state index is 0.0325. The molecule has 0 aromatic heterocycles. The molecule has 1 atom stereocenters. The van der Waals surface area contributed by atoms with Crippen LogP contribution >= 0.6 is 11.6 Å². The van der Waals surface area contributed by atoms with E-state index in [9.17, 15) is 0 Å². The van der Waals surface area contributed by atoms with Crippen LogP contribution in [0.4, 0.5) is 0 Å². The van der Waals surface area contributed by atoms with Gasteiger partial charge in [0.1, 0.15) is 0 Å². The van der Waals surface area contributed by atoms with Gasteiger partial charge in [-0.1, -0.05) is 69.3 Å². The van der Waals surface area contributed by atoms with Gasteiger partial charge in [-0.3, -0.25) is 0 Å². The molecule has 2 rings (SSSR count). The summed E-state index contributed by atoms with van der Waals surface area (Å²) in [6.45, 7) is 8.83. The molecule has 2 aromatic carbocycles. The third-order valence-electron chi connectivity index (χ3n) is 3.80. The highest BCUT2D eigenvalue weighted by atomic mass is 35.5. The summed E-state index contributed by atoms with van der Waals surface area (Å²) in [6, 6.07) is 17.2. The highest BCUT2D eigenvalue weighted by Crippen LogP contribution is 2.29. The molecule has 0 N–H and O–H groups in total. The van der Waals surface area contributed by atoms with Crippen molar-refractivity contribution in [2.45, 2.75) is 44.9 Å². The van der Waals surface area contributed by atoms with Crippen LogP contribution in [0.2, 0.25) is 0 Å². The Morgan fingerprint density at radius 2 is 1.55 bits per heavy atom. The average Bonchev–Trinajstić information content (AvgIpc) is 2.40. The van der Waals surface area contributed by atoms with E-state index in [1.165, 1.54) is 22.3 Å². The topological polar surface area (TPSA) is 0 Å². The van der Waals surface area contributed by atoms with Gasteiger partial charge in [0.25, 0.3) is 0 Å². The number of halogens is 1. The van der Waals surface area contributed by atoms with Gasteiger partial charge in [0.05, 0.1) is 5.38 Å². The van der Waals surface area contributed by atoms with Crippen molar-refractivity contribution in [2.75, 3.05) is 0 Å². The van der Waals surface area contributed by atoms with E-state index in [4.69, 9.17) is 11.6 Å². The molecule has 0 fully saturated rings. The molecule has 0 spiro atoms. The van der Waals surface area contributed by atoms with Gasteiger partial charge in [-0.15, -0.1) is 11.6 Å². The van der Waals surface area contributed by atoms with Crippen molar-refractivity contribution in [2.24, 2.45) is 0 Å². The molecule has 2 aromatic rings. The van der Waals surface area contributed by atoms with E-state index in [0.29, 0.717) is 0 Å². The predicted molar refractivity (Wildman–Crippen MR) is 88.6 cm³/mol. The van der Waals surface area contributed by atoms with Gasteiger partial charge in [0.15, 0.2) is 0 Å². The summed E-state index contributed by atoms with van der Waals surface area (Å²) in [5.74, 6) is 0. The smallest absolute Gasteiger partial charge is 0.0625 e. The van der Waals surface area contributed by atoms with E-state index < -0.39 is 0 Å². The first-order valence-corrected chi connectivity index (χ1v) is 7.60. The second-order valence-corrected chi connectivity index (χ2v) is 7.00. The van der Waals surface area contributed by atoms with E-state index >= 15 is 0 Å². The summed E-state index contributed by atoms with van der Waals surface area (Å²) in [6.07, 6.45) is 0.878. The standard InChI is InChI=1S/C19H23Cl/c1-14-7-5-6-8-16(14)13-18(20)15-9-11-17(12-10-15)19(2,3)4/h5-12,18H,13H2,1-4H3. The molecule has 0 amide bonds. The molecule has 0 aliphatic carbocycles. The maximum absolute atomic E-state index is 6.58. The maximum atomic E-state index is 6.58. The number of benzene rings is 2. The molecule has 0 saturated heterocycles. The third kappa shape index (κ3) is 3.64. The van der Waals surface area contributed by atoms with Crippen LogP contribution in [-0.2, 0) is 11.8 Å². The van der Waals surface area contributed by atoms with Gasteiger partial charge in [-0.25, -0.2) is 0 Å². The van der Waals surface area contributed by atoms with Crippen LogP contribution < -0.4 is 0 Å². The van der Waals surface area contributed by atoms with E-state index in [1.807, 2.05) is 0 Å². The molecule has 0 saturated carbocycles. The minimum Gasteiger partial charge on any atom is -0.117 e. The van der Waals surface area contributed by atoms with Gasteiger partial charge in [-0.05, 0) is 41.0 Å². The molecule has 0 nitrogen and oxygen atoms in total. The zero-order valence-electron chi connectivity index (χ0n) is 12.8. The Bertz CT molecular complexity index is 561. The first kappa shape index (κ1) is 15.1. The van der Waals surface area contributed by atoms with Crippen molar-refractivity contribution >= 4 is 11.6 Å². The second kappa shape index (κ2) is 6.01. The second-order valence-electron chi connectivity index (χ2n) is 6.47. The van der Waals surface area contributed by atoms with Crippen LogP contribution in [0.3, 0.4) is 0 Å². The van der Waals surface area contributed by atoms with Crippen LogP contribution in [0, 0.1) is 6.92 Å². The summed E-state index contributed by atoms with van der Waals surface area (Å²) in [5, 5.41) is 0.0325. The van der Waals surface area contributed by atoms with Gasteiger partial charge in [0.2, 0.25) is 0 Å². The summed E-state index contributed by atoms with van der Waals surface area (Å²) in [5.41, 5.74) is 5.37. The molecule has 20 heavy (non-hydrogen) atoms. The summed E-state index contributed by atoms with van der Waals surface area (Å²) < 4.78 is 0. The van der Waals surface area contributed by atoms with Gasteiger partial charge < -0.3 is 0 Å². The lowest BCUT2D eigenvalue weighted by Crippen LogP contribution is -2.11. The first-order valence-electron chi connectivity index (χ1n) is 7.17. The zero-order valence-corrected chi connectivity index (χ0v) is 13.5. The molecular formula is C19H23Cl. The number of hydrogen-bond donors (Lipinski definition) is 0. The number of hydrogen-bond acceptors (Lipinski definition) is 0. The normalized spacial score (nSPS) is 13.2. The molecule has 1 unspecified atom stereocenters. The lowest BCUT2D eigenvalue weighted by molar-refractivity contribution is 0.590. The quantitative estimate of drug-likeness (QED) is 0.624. The largest absolute Gasteiger partial charge is 0.117 e. The summed E-state index contributed by atoms with van der Waals surface area (Å²) in [7, 11) is 0. The number of alkyl halides is 1. The summed E-state index contributed by atoms with van der Waals surface area (Å²) in [4.78, 5) is 0. The molecule has 106 valence electrons. The van der Waals surface area contributed by atoms with E-state index in [1.54, 1.807) is 0 Å². The van der Waals surface area contributed by atoms with Crippen LogP contribution in [0.1, 0.15) is 48.4 Å². The van der Waals surface area contributed by atoms with Gasteiger partial charge in [-0.2, -0.15) is 0 Å². The van der Waals surface area contributed by atoms with Crippen molar-refractivity contribution in [1.82, 2.24) is 0 Å². The molecule has 0 heterocycles. The van der Waals surface area contributed by atoms with Crippen LogP contribution in [0.5, 0.6) is 0 Å². The Morgan fingerprint density at radius 1 is 0.950 bits per heavy atom.